The second kappa shape index (κ2) is 5.27. The van der Waals surface area contributed by atoms with E-state index in [0.29, 0.717) is 0 Å². The number of carbonyl (C=O) groups is 1. The van der Waals surface area contributed by atoms with Crippen LogP contribution in [0, 0.1) is 0 Å². The van der Waals surface area contributed by atoms with Crippen LogP contribution in [0.4, 0.5) is 5.69 Å². The standard InChI is InChI=1S/C13H19N3O2/c1-10(13(14)18)15-6-8-16(9-7-15)11-2-4-12(17)5-3-11/h2-5,10,17H,6-9H2,1H3,(H2,14,18)/t10-/m0/s1. The molecule has 0 aromatic heterocycles. The van der Waals surface area contributed by atoms with Gasteiger partial charge in [-0.2, -0.15) is 0 Å². The number of phenols is 1. The molecule has 2 rings (SSSR count). The maximum absolute atomic E-state index is 11.1. The summed E-state index contributed by atoms with van der Waals surface area (Å²) >= 11 is 0. The molecule has 0 bridgehead atoms. The lowest BCUT2D eigenvalue weighted by molar-refractivity contribution is -0.122. The van der Waals surface area contributed by atoms with Crippen molar-refractivity contribution in [3.63, 3.8) is 0 Å². The van der Waals surface area contributed by atoms with Gasteiger partial charge in [-0.15, -0.1) is 0 Å². The first-order chi connectivity index (χ1) is 8.58. The zero-order valence-corrected chi connectivity index (χ0v) is 10.5. The molecule has 0 aliphatic carbocycles. The van der Waals surface area contributed by atoms with Gasteiger partial charge < -0.3 is 15.7 Å². The summed E-state index contributed by atoms with van der Waals surface area (Å²) in [7, 11) is 0. The van der Waals surface area contributed by atoms with Crippen molar-refractivity contribution >= 4 is 11.6 Å². The average molecular weight is 249 g/mol. The van der Waals surface area contributed by atoms with Gasteiger partial charge in [-0.3, -0.25) is 9.69 Å². The van der Waals surface area contributed by atoms with Gasteiger partial charge in [-0.1, -0.05) is 0 Å². The highest BCUT2D eigenvalue weighted by atomic mass is 16.3. The summed E-state index contributed by atoms with van der Waals surface area (Å²) in [4.78, 5) is 15.5. The van der Waals surface area contributed by atoms with Crippen LogP contribution in [0.3, 0.4) is 0 Å². The fourth-order valence-electron chi connectivity index (χ4n) is 2.21. The Balaban J connectivity index is 1.94. The van der Waals surface area contributed by atoms with Gasteiger partial charge >= 0.3 is 0 Å². The normalized spacial score (nSPS) is 18.6. The number of nitrogens with zero attached hydrogens (tertiary/aromatic N) is 2. The zero-order valence-electron chi connectivity index (χ0n) is 10.5. The Morgan fingerprint density at radius 1 is 1.22 bits per heavy atom. The summed E-state index contributed by atoms with van der Waals surface area (Å²) in [6.07, 6.45) is 0. The number of benzene rings is 1. The summed E-state index contributed by atoms with van der Waals surface area (Å²) in [6, 6.07) is 6.99. The molecule has 1 aromatic carbocycles. The lowest BCUT2D eigenvalue weighted by Crippen LogP contribution is -2.53. The lowest BCUT2D eigenvalue weighted by Gasteiger charge is -2.38. The third-order valence-electron chi connectivity index (χ3n) is 3.49. The van der Waals surface area contributed by atoms with Crippen LogP contribution < -0.4 is 10.6 Å². The van der Waals surface area contributed by atoms with E-state index in [-0.39, 0.29) is 17.7 Å². The van der Waals surface area contributed by atoms with E-state index in [2.05, 4.69) is 9.80 Å². The van der Waals surface area contributed by atoms with Crippen molar-refractivity contribution in [2.45, 2.75) is 13.0 Å². The van der Waals surface area contributed by atoms with Crippen molar-refractivity contribution in [2.24, 2.45) is 5.73 Å². The first-order valence-electron chi connectivity index (χ1n) is 6.15. The first kappa shape index (κ1) is 12.7. The van der Waals surface area contributed by atoms with Gasteiger partial charge in [0, 0.05) is 31.9 Å². The van der Waals surface area contributed by atoms with Crippen LogP contribution >= 0.6 is 0 Å². The highest BCUT2D eigenvalue weighted by Gasteiger charge is 2.23. The van der Waals surface area contributed by atoms with Crippen molar-refractivity contribution in [3.05, 3.63) is 24.3 Å². The van der Waals surface area contributed by atoms with Gasteiger partial charge in [0.1, 0.15) is 5.75 Å². The number of aromatic hydroxyl groups is 1. The molecule has 1 fully saturated rings. The minimum Gasteiger partial charge on any atom is -0.508 e. The SMILES string of the molecule is C[C@@H](C(N)=O)N1CCN(c2ccc(O)cc2)CC1. The molecule has 0 saturated carbocycles. The van der Waals surface area contributed by atoms with Crippen LogP contribution in [0.1, 0.15) is 6.92 Å². The number of anilines is 1. The van der Waals surface area contributed by atoms with Crippen molar-refractivity contribution < 1.29 is 9.90 Å². The van der Waals surface area contributed by atoms with Crippen LogP contribution in [-0.4, -0.2) is 48.1 Å². The number of primary amides is 1. The molecule has 3 N–H and O–H groups in total. The second-order valence-corrected chi connectivity index (χ2v) is 4.62. The Kier molecular flexibility index (Phi) is 3.72. The van der Waals surface area contributed by atoms with Gasteiger partial charge in [-0.25, -0.2) is 0 Å². The molecule has 98 valence electrons. The fourth-order valence-corrected chi connectivity index (χ4v) is 2.21. The molecule has 0 unspecified atom stereocenters. The number of carbonyl (C=O) groups excluding carboxylic acids is 1. The van der Waals surface area contributed by atoms with Gasteiger partial charge in [0.15, 0.2) is 0 Å². The topological polar surface area (TPSA) is 69.8 Å². The van der Waals surface area contributed by atoms with Gasteiger partial charge in [0.05, 0.1) is 6.04 Å². The van der Waals surface area contributed by atoms with Crippen LogP contribution in [0.5, 0.6) is 5.75 Å². The maximum atomic E-state index is 11.1. The Hall–Kier alpha value is -1.75. The van der Waals surface area contributed by atoms with E-state index < -0.39 is 0 Å². The summed E-state index contributed by atoms with van der Waals surface area (Å²) in [5.74, 6) is 0.00724. The van der Waals surface area contributed by atoms with E-state index in [1.165, 1.54) is 0 Å². The smallest absolute Gasteiger partial charge is 0.234 e. The second-order valence-electron chi connectivity index (χ2n) is 4.62. The monoisotopic (exact) mass is 249 g/mol. The Bertz CT molecular complexity index is 411. The minimum absolute atomic E-state index is 0.202. The Labute approximate surface area is 107 Å². The van der Waals surface area contributed by atoms with Crippen LogP contribution in [-0.2, 0) is 4.79 Å². The zero-order chi connectivity index (χ0) is 13.1. The van der Waals surface area contributed by atoms with E-state index in [4.69, 9.17) is 5.73 Å². The Morgan fingerprint density at radius 2 is 1.78 bits per heavy atom. The molecule has 1 heterocycles. The predicted molar refractivity (Wildman–Crippen MR) is 70.5 cm³/mol. The van der Waals surface area contributed by atoms with Gasteiger partial charge in [0.25, 0.3) is 0 Å². The molecule has 5 heteroatoms. The molecular weight excluding hydrogens is 230 g/mol. The van der Waals surface area contributed by atoms with Crippen LogP contribution in [0.2, 0.25) is 0 Å². The highest BCUT2D eigenvalue weighted by Crippen LogP contribution is 2.20. The van der Waals surface area contributed by atoms with Crippen molar-refractivity contribution in [1.82, 2.24) is 4.90 Å². The number of amides is 1. The molecule has 18 heavy (non-hydrogen) atoms. The molecule has 1 saturated heterocycles. The molecule has 1 aromatic rings. The molecular formula is C13H19N3O2. The van der Waals surface area contributed by atoms with Crippen molar-refractivity contribution in [2.75, 3.05) is 31.1 Å². The number of piperazine rings is 1. The molecule has 0 spiro atoms. The summed E-state index contributed by atoms with van der Waals surface area (Å²) in [6.45, 7) is 5.22. The van der Waals surface area contributed by atoms with E-state index in [1.807, 2.05) is 19.1 Å². The molecule has 1 atom stereocenters. The quantitative estimate of drug-likeness (QED) is 0.813. The third kappa shape index (κ3) is 2.73. The third-order valence-corrected chi connectivity index (χ3v) is 3.49. The summed E-state index contributed by atoms with van der Waals surface area (Å²) < 4.78 is 0. The van der Waals surface area contributed by atoms with Crippen LogP contribution in [0.25, 0.3) is 0 Å². The first-order valence-corrected chi connectivity index (χ1v) is 6.15. The Morgan fingerprint density at radius 3 is 2.28 bits per heavy atom. The van der Waals surface area contributed by atoms with E-state index in [1.54, 1.807) is 12.1 Å². The van der Waals surface area contributed by atoms with E-state index in [0.717, 1.165) is 31.9 Å². The molecule has 1 aliphatic heterocycles. The van der Waals surface area contributed by atoms with Gasteiger partial charge in [-0.05, 0) is 31.2 Å². The molecule has 5 nitrogen and oxygen atoms in total. The summed E-state index contributed by atoms with van der Waals surface area (Å²) in [5, 5.41) is 9.25. The van der Waals surface area contributed by atoms with Crippen molar-refractivity contribution in [1.29, 1.82) is 0 Å². The number of nitrogens with two attached hydrogens (primary N) is 1. The molecule has 1 amide bonds. The van der Waals surface area contributed by atoms with Gasteiger partial charge in [0.2, 0.25) is 5.91 Å². The lowest BCUT2D eigenvalue weighted by atomic mass is 10.2. The average Bonchev–Trinajstić information content (AvgIpc) is 2.39. The highest BCUT2D eigenvalue weighted by molar-refractivity contribution is 5.79. The molecule has 1 aliphatic rings. The van der Waals surface area contributed by atoms with Crippen LogP contribution in [0.15, 0.2) is 24.3 Å². The number of hydrogen-bond donors (Lipinski definition) is 2. The number of rotatable bonds is 3. The molecule has 0 radical (unpaired) electrons. The van der Waals surface area contributed by atoms with Crippen molar-refractivity contribution in [3.8, 4) is 5.75 Å². The van der Waals surface area contributed by atoms with E-state index >= 15 is 0 Å². The largest absolute Gasteiger partial charge is 0.508 e. The number of hydrogen-bond acceptors (Lipinski definition) is 4. The number of phenolic OH excluding ortho intramolecular Hbond substituents is 1. The maximum Gasteiger partial charge on any atom is 0.234 e. The van der Waals surface area contributed by atoms with E-state index in [9.17, 15) is 9.90 Å². The summed E-state index contributed by atoms with van der Waals surface area (Å²) in [5.41, 5.74) is 6.40. The fraction of sp³-hybridized carbons (Fsp3) is 0.462. The predicted octanol–water partition coefficient (Wildman–Crippen LogP) is 0.388. The minimum atomic E-state index is -0.270.